The Bertz CT molecular complexity index is 1080. The molecule has 0 aliphatic rings. The summed E-state index contributed by atoms with van der Waals surface area (Å²) in [4.78, 5) is 17.3. The van der Waals surface area contributed by atoms with Crippen molar-refractivity contribution in [2.75, 3.05) is 5.32 Å². The van der Waals surface area contributed by atoms with E-state index >= 15 is 0 Å². The van der Waals surface area contributed by atoms with Gasteiger partial charge in [0, 0.05) is 6.20 Å². The number of carbonyl (C=O) groups excluding carboxylic acids is 1. The molecule has 27 heavy (non-hydrogen) atoms. The van der Waals surface area contributed by atoms with Crippen LogP contribution in [-0.4, -0.2) is 24.6 Å². The van der Waals surface area contributed by atoms with E-state index in [1.165, 1.54) is 31.3 Å². The standard InChI is InChI=1S/C19H17FN2O3S2/c1-12(2)27(24,25)14-8-9-16(20)15(10-14)18(23)22-19-21-11-17(26-19)13-6-4-3-5-7-13/h3-12H,1-2H3,(H,21,22,23). The van der Waals surface area contributed by atoms with Crippen molar-refractivity contribution in [3.05, 3.63) is 66.1 Å². The number of benzene rings is 2. The van der Waals surface area contributed by atoms with Gasteiger partial charge in [0.15, 0.2) is 15.0 Å². The van der Waals surface area contributed by atoms with Gasteiger partial charge in [-0.25, -0.2) is 17.8 Å². The van der Waals surface area contributed by atoms with E-state index in [2.05, 4.69) is 10.3 Å². The molecule has 5 nitrogen and oxygen atoms in total. The van der Waals surface area contributed by atoms with E-state index in [4.69, 9.17) is 0 Å². The fraction of sp³-hybridized carbons (Fsp3) is 0.158. The van der Waals surface area contributed by atoms with Gasteiger partial charge >= 0.3 is 0 Å². The Hall–Kier alpha value is -2.58. The number of hydrogen-bond acceptors (Lipinski definition) is 5. The van der Waals surface area contributed by atoms with Gasteiger partial charge in [-0.05, 0) is 37.6 Å². The van der Waals surface area contributed by atoms with Crippen LogP contribution in [0.15, 0.2) is 59.6 Å². The largest absolute Gasteiger partial charge is 0.298 e. The van der Waals surface area contributed by atoms with Crippen molar-refractivity contribution >= 4 is 32.2 Å². The molecular formula is C19H17FN2O3S2. The van der Waals surface area contributed by atoms with Gasteiger partial charge in [0.25, 0.3) is 5.91 Å². The van der Waals surface area contributed by atoms with Gasteiger partial charge in [-0.3, -0.25) is 10.1 Å². The van der Waals surface area contributed by atoms with E-state index in [-0.39, 0.29) is 10.5 Å². The zero-order valence-electron chi connectivity index (χ0n) is 14.6. The molecule has 0 radical (unpaired) electrons. The number of aromatic nitrogens is 1. The van der Waals surface area contributed by atoms with Crippen molar-refractivity contribution < 1.29 is 17.6 Å². The maximum absolute atomic E-state index is 14.1. The lowest BCUT2D eigenvalue weighted by atomic mass is 10.2. The highest BCUT2D eigenvalue weighted by atomic mass is 32.2. The smallest absolute Gasteiger partial charge is 0.260 e. The van der Waals surface area contributed by atoms with Crippen LogP contribution in [0.5, 0.6) is 0 Å². The third-order valence-corrected chi connectivity index (χ3v) is 7.03. The number of sulfone groups is 1. The highest BCUT2D eigenvalue weighted by Crippen LogP contribution is 2.29. The van der Waals surface area contributed by atoms with E-state index < -0.39 is 26.8 Å². The summed E-state index contributed by atoms with van der Waals surface area (Å²) in [5, 5.41) is 2.16. The molecule has 0 saturated carbocycles. The average molecular weight is 404 g/mol. The summed E-state index contributed by atoms with van der Waals surface area (Å²) < 4.78 is 38.7. The Morgan fingerprint density at radius 2 is 1.85 bits per heavy atom. The fourth-order valence-electron chi connectivity index (χ4n) is 2.36. The molecule has 0 spiro atoms. The quantitative estimate of drug-likeness (QED) is 0.640. The fourth-order valence-corrected chi connectivity index (χ4v) is 4.26. The Kier molecular flexibility index (Phi) is 5.38. The topological polar surface area (TPSA) is 76.1 Å². The van der Waals surface area contributed by atoms with Crippen LogP contribution in [0.4, 0.5) is 9.52 Å². The second kappa shape index (κ2) is 7.58. The van der Waals surface area contributed by atoms with Gasteiger partial charge in [0.1, 0.15) is 5.82 Å². The first-order valence-electron chi connectivity index (χ1n) is 8.15. The lowest BCUT2D eigenvalue weighted by molar-refractivity contribution is 0.102. The molecule has 0 atom stereocenters. The van der Waals surface area contributed by atoms with Gasteiger partial charge in [-0.1, -0.05) is 41.7 Å². The first-order chi connectivity index (χ1) is 12.8. The zero-order chi connectivity index (χ0) is 19.6. The van der Waals surface area contributed by atoms with Crippen molar-refractivity contribution in [1.29, 1.82) is 0 Å². The van der Waals surface area contributed by atoms with Gasteiger partial charge in [0.05, 0.1) is 20.6 Å². The first-order valence-corrected chi connectivity index (χ1v) is 10.5. The number of hydrogen-bond donors (Lipinski definition) is 1. The van der Waals surface area contributed by atoms with E-state index in [1.54, 1.807) is 6.20 Å². The van der Waals surface area contributed by atoms with Crippen molar-refractivity contribution in [3.63, 3.8) is 0 Å². The molecule has 2 aromatic carbocycles. The van der Waals surface area contributed by atoms with E-state index in [0.717, 1.165) is 22.6 Å². The summed E-state index contributed by atoms with van der Waals surface area (Å²) in [6, 6.07) is 12.7. The number of carbonyl (C=O) groups is 1. The number of nitrogens with one attached hydrogen (secondary N) is 1. The molecule has 1 aromatic heterocycles. The van der Waals surface area contributed by atoms with Gasteiger partial charge in [-0.15, -0.1) is 0 Å². The monoisotopic (exact) mass is 404 g/mol. The van der Waals surface area contributed by atoms with Crippen molar-refractivity contribution in [2.24, 2.45) is 0 Å². The molecule has 8 heteroatoms. The Labute approximate surface area is 160 Å². The second-order valence-electron chi connectivity index (χ2n) is 6.09. The lowest BCUT2D eigenvalue weighted by Crippen LogP contribution is -2.17. The SMILES string of the molecule is CC(C)S(=O)(=O)c1ccc(F)c(C(=O)Nc2ncc(-c3ccccc3)s2)c1. The van der Waals surface area contributed by atoms with Gasteiger partial charge in [0.2, 0.25) is 0 Å². The minimum absolute atomic E-state index is 0.0897. The van der Waals surface area contributed by atoms with Crippen LogP contribution in [0.25, 0.3) is 10.4 Å². The summed E-state index contributed by atoms with van der Waals surface area (Å²) in [7, 11) is -3.61. The van der Waals surface area contributed by atoms with Crippen LogP contribution in [0, 0.1) is 5.82 Å². The van der Waals surface area contributed by atoms with Crippen LogP contribution < -0.4 is 5.32 Å². The van der Waals surface area contributed by atoms with Crippen LogP contribution >= 0.6 is 11.3 Å². The lowest BCUT2D eigenvalue weighted by Gasteiger charge is -2.10. The maximum Gasteiger partial charge on any atom is 0.260 e. The van der Waals surface area contributed by atoms with Crippen LogP contribution in [0.3, 0.4) is 0 Å². The third kappa shape index (κ3) is 4.06. The highest BCUT2D eigenvalue weighted by Gasteiger charge is 2.23. The Balaban J connectivity index is 1.86. The average Bonchev–Trinajstić information content (AvgIpc) is 3.11. The molecule has 140 valence electrons. The predicted molar refractivity (Wildman–Crippen MR) is 104 cm³/mol. The van der Waals surface area contributed by atoms with Crippen molar-refractivity contribution in [2.45, 2.75) is 24.0 Å². The third-order valence-electron chi connectivity index (χ3n) is 3.92. The number of nitrogens with zero attached hydrogens (tertiary/aromatic N) is 1. The molecule has 0 unspecified atom stereocenters. The minimum atomic E-state index is -3.61. The molecule has 3 aromatic rings. The summed E-state index contributed by atoms with van der Waals surface area (Å²) in [5.41, 5.74) is 0.611. The maximum atomic E-state index is 14.1. The summed E-state index contributed by atoms with van der Waals surface area (Å²) in [6.07, 6.45) is 1.62. The van der Waals surface area contributed by atoms with Crippen LogP contribution in [-0.2, 0) is 9.84 Å². The summed E-state index contributed by atoms with van der Waals surface area (Å²) in [5.74, 6) is -1.54. The molecule has 0 fully saturated rings. The molecule has 1 amide bonds. The number of anilines is 1. The Morgan fingerprint density at radius 3 is 2.52 bits per heavy atom. The van der Waals surface area contributed by atoms with E-state index in [1.807, 2.05) is 30.3 Å². The highest BCUT2D eigenvalue weighted by molar-refractivity contribution is 7.92. The molecule has 3 rings (SSSR count). The molecule has 0 aliphatic heterocycles. The van der Waals surface area contributed by atoms with Crippen molar-refractivity contribution in [3.8, 4) is 10.4 Å². The zero-order valence-corrected chi connectivity index (χ0v) is 16.3. The molecule has 0 saturated heterocycles. The molecule has 0 aliphatic carbocycles. The molecule has 1 heterocycles. The van der Waals surface area contributed by atoms with Gasteiger partial charge in [-0.2, -0.15) is 0 Å². The number of rotatable bonds is 5. The molecular weight excluding hydrogens is 387 g/mol. The Morgan fingerprint density at radius 1 is 1.15 bits per heavy atom. The van der Waals surface area contributed by atoms with Crippen LogP contribution in [0.2, 0.25) is 0 Å². The second-order valence-corrected chi connectivity index (χ2v) is 9.62. The van der Waals surface area contributed by atoms with E-state index in [9.17, 15) is 17.6 Å². The van der Waals surface area contributed by atoms with E-state index in [0.29, 0.717) is 5.13 Å². The van der Waals surface area contributed by atoms with Crippen molar-refractivity contribution in [1.82, 2.24) is 4.98 Å². The summed E-state index contributed by atoms with van der Waals surface area (Å²) >= 11 is 1.25. The molecule has 1 N–H and O–H groups in total. The number of amides is 1. The normalized spacial score (nSPS) is 11.6. The van der Waals surface area contributed by atoms with Gasteiger partial charge < -0.3 is 0 Å². The van der Waals surface area contributed by atoms with Crippen LogP contribution in [0.1, 0.15) is 24.2 Å². The number of halogens is 1. The number of thiazole rings is 1. The summed E-state index contributed by atoms with van der Waals surface area (Å²) in [6.45, 7) is 3.05. The predicted octanol–water partition coefficient (Wildman–Crippen LogP) is 4.38. The first kappa shape index (κ1) is 19.2. The minimum Gasteiger partial charge on any atom is -0.298 e. The molecule has 0 bridgehead atoms.